The van der Waals surface area contributed by atoms with Crippen LogP contribution in [0.3, 0.4) is 0 Å². The van der Waals surface area contributed by atoms with Crippen molar-refractivity contribution in [3.8, 4) is 22.4 Å². The molecule has 4 aromatic rings. The Labute approximate surface area is 169 Å². The van der Waals surface area contributed by atoms with Gasteiger partial charge in [-0.05, 0) is 55.0 Å². The number of hydrogen-bond donors (Lipinski definition) is 1. The number of halogens is 1. The van der Waals surface area contributed by atoms with E-state index in [2.05, 4.69) is 25.1 Å². The normalized spacial score (nSPS) is 10.7. The topological polar surface area (TPSA) is 120 Å². The van der Waals surface area contributed by atoms with Crippen LogP contribution in [0.15, 0.2) is 60.2 Å². The van der Waals surface area contributed by atoms with Crippen molar-refractivity contribution in [2.75, 3.05) is 5.73 Å². The smallest absolute Gasteiger partial charge is 0.370 e. The Bertz CT molecular complexity index is 1290. The third-order valence-electron chi connectivity index (χ3n) is 4.62. The zero-order chi connectivity index (χ0) is 21.3. The lowest BCUT2D eigenvalue weighted by molar-refractivity contribution is 0.0509. The predicted octanol–water partition coefficient (Wildman–Crippen LogP) is 4.23. The molecule has 9 heteroatoms. The fourth-order valence-corrected chi connectivity index (χ4v) is 3.26. The summed E-state index contributed by atoms with van der Waals surface area (Å²) in [4.78, 5) is 40.1. The number of aryl methyl sites for hydroxylation is 1. The van der Waals surface area contributed by atoms with Gasteiger partial charge in [0, 0.05) is 22.2 Å². The molecule has 0 amide bonds. The molecule has 0 aliphatic heterocycles. The number of anilines is 1. The average molecular weight is 403 g/mol. The molecule has 0 bridgehead atoms. The van der Waals surface area contributed by atoms with E-state index in [0.29, 0.717) is 22.4 Å². The van der Waals surface area contributed by atoms with E-state index in [1.54, 1.807) is 18.2 Å². The number of carbonyl (C=O) groups excluding carboxylic acids is 1. The van der Waals surface area contributed by atoms with Gasteiger partial charge in [0.2, 0.25) is 0 Å². The highest BCUT2D eigenvalue weighted by Crippen LogP contribution is 2.36. The van der Waals surface area contributed by atoms with E-state index in [9.17, 15) is 14.1 Å². The van der Waals surface area contributed by atoms with Crippen LogP contribution in [0.25, 0.3) is 33.3 Å². The van der Waals surface area contributed by atoms with Gasteiger partial charge < -0.3 is 5.73 Å². The summed E-state index contributed by atoms with van der Waals surface area (Å²) in [6, 6.07) is 12.2. The SMILES string of the molecule is Cc1ncnc2ccc(-c3c(C(=O)ON=O)cc(N)nc3-c3ccc(F)cc3)cc12. The number of rotatable bonds is 4. The van der Waals surface area contributed by atoms with Crippen LogP contribution in [0.2, 0.25) is 0 Å². The highest BCUT2D eigenvalue weighted by Gasteiger charge is 2.22. The summed E-state index contributed by atoms with van der Waals surface area (Å²) in [5.74, 6) is -1.39. The van der Waals surface area contributed by atoms with Crippen LogP contribution >= 0.6 is 0 Å². The minimum atomic E-state index is -0.987. The molecular weight excluding hydrogens is 389 g/mol. The molecule has 0 atom stereocenters. The number of nitrogen functional groups attached to an aromatic ring is 1. The molecule has 0 aliphatic rings. The summed E-state index contributed by atoms with van der Waals surface area (Å²) in [7, 11) is 0. The zero-order valence-corrected chi connectivity index (χ0v) is 15.7. The van der Waals surface area contributed by atoms with Crippen molar-refractivity contribution >= 4 is 22.7 Å². The number of pyridine rings is 1. The Balaban J connectivity index is 2.05. The first-order valence-electron chi connectivity index (χ1n) is 8.80. The van der Waals surface area contributed by atoms with E-state index in [4.69, 9.17) is 5.73 Å². The molecule has 0 fully saturated rings. The van der Waals surface area contributed by atoms with Gasteiger partial charge in [-0.1, -0.05) is 6.07 Å². The minimum Gasteiger partial charge on any atom is -0.384 e. The molecule has 2 heterocycles. The average Bonchev–Trinajstić information content (AvgIpc) is 2.74. The van der Waals surface area contributed by atoms with E-state index in [-0.39, 0.29) is 11.4 Å². The number of carbonyl (C=O) groups is 1. The molecule has 30 heavy (non-hydrogen) atoms. The lowest BCUT2D eigenvalue weighted by atomic mass is 9.93. The highest BCUT2D eigenvalue weighted by atomic mass is 19.1. The first-order chi connectivity index (χ1) is 14.5. The van der Waals surface area contributed by atoms with Gasteiger partial charge in [0.1, 0.15) is 18.0 Å². The van der Waals surface area contributed by atoms with E-state index in [1.807, 2.05) is 6.92 Å². The number of benzene rings is 2. The summed E-state index contributed by atoms with van der Waals surface area (Å²) < 4.78 is 13.5. The minimum absolute atomic E-state index is 0.00437. The molecule has 0 saturated heterocycles. The molecule has 148 valence electrons. The maximum atomic E-state index is 13.5. The van der Waals surface area contributed by atoms with Crippen molar-refractivity contribution in [1.29, 1.82) is 0 Å². The number of fused-ring (bicyclic) bond motifs is 1. The summed E-state index contributed by atoms with van der Waals surface area (Å²) in [5.41, 5.74) is 9.14. The van der Waals surface area contributed by atoms with Gasteiger partial charge in [0.25, 0.3) is 0 Å². The van der Waals surface area contributed by atoms with Gasteiger partial charge in [-0.15, -0.1) is 4.91 Å². The fraction of sp³-hybridized carbons (Fsp3) is 0.0476. The molecule has 0 radical (unpaired) electrons. The van der Waals surface area contributed by atoms with Crippen molar-refractivity contribution in [3.63, 3.8) is 0 Å². The van der Waals surface area contributed by atoms with Crippen LogP contribution < -0.4 is 5.73 Å². The van der Waals surface area contributed by atoms with Gasteiger partial charge in [-0.2, -0.15) is 0 Å². The second kappa shape index (κ2) is 7.63. The van der Waals surface area contributed by atoms with Crippen molar-refractivity contribution in [2.45, 2.75) is 6.92 Å². The second-order valence-corrected chi connectivity index (χ2v) is 6.47. The molecule has 2 aromatic heterocycles. The Morgan fingerprint density at radius 2 is 1.80 bits per heavy atom. The van der Waals surface area contributed by atoms with E-state index >= 15 is 0 Å². The van der Waals surface area contributed by atoms with Crippen LogP contribution in [-0.2, 0) is 4.84 Å². The number of aromatic nitrogens is 3. The number of nitrogens with two attached hydrogens (primary N) is 1. The predicted molar refractivity (Wildman–Crippen MR) is 109 cm³/mol. The number of hydrogen-bond acceptors (Lipinski definition) is 8. The quantitative estimate of drug-likeness (QED) is 0.400. The van der Waals surface area contributed by atoms with Crippen molar-refractivity contribution in [3.05, 3.63) is 76.8 Å². The van der Waals surface area contributed by atoms with Crippen LogP contribution in [0.1, 0.15) is 16.1 Å². The van der Waals surface area contributed by atoms with Crippen LogP contribution in [0, 0.1) is 17.6 Å². The molecule has 0 aliphatic carbocycles. The maximum absolute atomic E-state index is 13.5. The summed E-state index contributed by atoms with van der Waals surface area (Å²) in [5, 5.41) is 2.99. The summed E-state index contributed by atoms with van der Waals surface area (Å²) in [6.45, 7) is 1.83. The van der Waals surface area contributed by atoms with Crippen LogP contribution in [0.4, 0.5) is 10.2 Å². The molecule has 4 rings (SSSR count). The van der Waals surface area contributed by atoms with Crippen molar-refractivity contribution in [2.24, 2.45) is 5.34 Å². The van der Waals surface area contributed by atoms with Crippen molar-refractivity contribution in [1.82, 2.24) is 15.0 Å². The Morgan fingerprint density at radius 1 is 1.07 bits per heavy atom. The van der Waals surface area contributed by atoms with Gasteiger partial charge in [0.15, 0.2) is 5.34 Å². The Morgan fingerprint density at radius 3 is 2.53 bits per heavy atom. The van der Waals surface area contributed by atoms with Crippen LogP contribution in [0.5, 0.6) is 0 Å². The summed E-state index contributed by atoms with van der Waals surface area (Å²) >= 11 is 0. The number of nitrogens with zero attached hydrogens (tertiary/aromatic N) is 4. The molecule has 0 saturated carbocycles. The molecular formula is C21H14FN5O3. The van der Waals surface area contributed by atoms with E-state index in [1.165, 1.54) is 36.7 Å². The Hall–Kier alpha value is -4.27. The third kappa shape index (κ3) is 3.44. The lowest BCUT2D eigenvalue weighted by Crippen LogP contribution is -2.08. The van der Waals surface area contributed by atoms with E-state index in [0.717, 1.165) is 16.6 Å². The van der Waals surface area contributed by atoms with Gasteiger partial charge in [-0.25, -0.2) is 24.1 Å². The highest BCUT2D eigenvalue weighted by molar-refractivity contribution is 6.03. The molecule has 2 aromatic carbocycles. The van der Waals surface area contributed by atoms with E-state index < -0.39 is 11.8 Å². The molecule has 8 nitrogen and oxygen atoms in total. The Kier molecular flexibility index (Phi) is 4.85. The molecule has 2 N–H and O–H groups in total. The van der Waals surface area contributed by atoms with Gasteiger partial charge in [-0.3, -0.25) is 4.84 Å². The third-order valence-corrected chi connectivity index (χ3v) is 4.62. The first-order valence-corrected chi connectivity index (χ1v) is 8.80. The fourth-order valence-electron chi connectivity index (χ4n) is 3.26. The largest absolute Gasteiger partial charge is 0.384 e. The first kappa shape index (κ1) is 19.1. The van der Waals surface area contributed by atoms with Crippen LogP contribution in [-0.4, -0.2) is 20.9 Å². The summed E-state index contributed by atoms with van der Waals surface area (Å²) in [6.07, 6.45) is 1.46. The molecule has 0 spiro atoms. The molecule has 0 unspecified atom stereocenters. The second-order valence-electron chi connectivity index (χ2n) is 6.47. The van der Waals surface area contributed by atoms with Gasteiger partial charge in [0.05, 0.1) is 16.8 Å². The van der Waals surface area contributed by atoms with Crippen molar-refractivity contribution < 1.29 is 14.0 Å². The monoisotopic (exact) mass is 403 g/mol. The standard InChI is InChI=1S/C21H14FN5O3/c1-11-15-8-13(4-7-17(15)25-10-24-11)19-16(21(28)30-27-29)9-18(23)26-20(19)12-2-5-14(22)6-3-12/h2-10H,1H3,(H2,23,26). The van der Waals surface area contributed by atoms with Gasteiger partial charge >= 0.3 is 5.97 Å². The zero-order valence-electron chi connectivity index (χ0n) is 15.7. The maximum Gasteiger partial charge on any atom is 0.370 e. The lowest BCUT2D eigenvalue weighted by Gasteiger charge is -2.15.